The van der Waals surface area contributed by atoms with E-state index in [-0.39, 0.29) is 0 Å². The van der Waals surface area contributed by atoms with Crippen LogP contribution >= 0.6 is 0 Å². The molecule has 0 nitrogen and oxygen atoms in total. The maximum Gasteiger partial charge on any atom is -0.0181 e. The molecule has 0 N–H and O–H groups in total. The number of benzene rings is 2. The Morgan fingerprint density at radius 3 is 1.70 bits per heavy atom. The SMILES string of the molecule is CCCCCCCCCCC/C=C/CCCCCCCc1ccc2ccccc2c1. The van der Waals surface area contributed by atoms with Gasteiger partial charge in [0.05, 0.1) is 0 Å². The van der Waals surface area contributed by atoms with E-state index in [1.165, 1.54) is 125 Å². The van der Waals surface area contributed by atoms with Gasteiger partial charge in [-0.15, -0.1) is 0 Å². The fourth-order valence-corrected chi connectivity index (χ4v) is 4.32. The Labute approximate surface area is 187 Å². The van der Waals surface area contributed by atoms with Crippen LogP contribution in [0.25, 0.3) is 10.8 Å². The molecule has 0 aliphatic heterocycles. The molecule has 0 aromatic heterocycles. The van der Waals surface area contributed by atoms with Crippen molar-refractivity contribution in [3.8, 4) is 0 Å². The number of aryl methyl sites for hydroxylation is 1. The van der Waals surface area contributed by atoms with E-state index in [9.17, 15) is 0 Å². The zero-order chi connectivity index (χ0) is 21.1. The molecule has 0 unspecified atom stereocenters. The lowest BCUT2D eigenvalue weighted by Crippen LogP contribution is -1.86. The molecule has 0 saturated heterocycles. The highest BCUT2D eigenvalue weighted by Gasteiger charge is 1.97. The molecule has 0 heterocycles. The molecule has 0 fully saturated rings. The Morgan fingerprint density at radius 2 is 1.07 bits per heavy atom. The van der Waals surface area contributed by atoms with E-state index in [2.05, 4.69) is 61.5 Å². The first-order valence-electron chi connectivity index (χ1n) is 13.0. The highest BCUT2D eigenvalue weighted by Crippen LogP contribution is 2.18. The molecular formula is C30H46. The normalized spacial score (nSPS) is 11.6. The number of allylic oxidation sites excluding steroid dienone is 2. The molecular weight excluding hydrogens is 360 g/mol. The molecule has 2 aromatic carbocycles. The van der Waals surface area contributed by atoms with Gasteiger partial charge in [0.25, 0.3) is 0 Å². The zero-order valence-corrected chi connectivity index (χ0v) is 19.7. The third-order valence-electron chi connectivity index (χ3n) is 6.29. The van der Waals surface area contributed by atoms with Gasteiger partial charge in [-0.1, -0.05) is 132 Å². The molecule has 0 radical (unpaired) electrons. The quantitative estimate of drug-likeness (QED) is 0.170. The van der Waals surface area contributed by atoms with Crippen molar-refractivity contribution < 1.29 is 0 Å². The predicted molar refractivity (Wildman–Crippen MR) is 136 cm³/mol. The van der Waals surface area contributed by atoms with Crippen LogP contribution in [0.4, 0.5) is 0 Å². The van der Waals surface area contributed by atoms with Crippen molar-refractivity contribution in [1.82, 2.24) is 0 Å². The van der Waals surface area contributed by atoms with E-state index in [0.717, 1.165) is 0 Å². The minimum absolute atomic E-state index is 1.23. The third kappa shape index (κ3) is 11.6. The summed E-state index contributed by atoms with van der Waals surface area (Å²) in [4.78, 5) is 0. The monoisotopic (exact) mass is 406 g/mol. The average Bonchev–Trinajstić information content (AvgIpc) is 2.78. The maximum absolute atomic E-state index is 2.43. The summed E-state index contributed by atoms with van der Waals surface area (Å²) in [5.41, 5.74) is 1.49. The average molecular weight is 407 g/mol. The second-order valence-corrected chi connectivity index (χ2v) is 9.08. The Balaban J connectivity index is 1.35. The topological polar surface area (TPSA) is 0 Å². The van der Waals surface area contributed by atoms with Crippen LogP contribution in [0.15, 0.2) is 54.6 Å². The second kappa shape index (κ2) is 17.2. The molecule has 2 rings (SSSR count). The van der Waals surface area contributed by atoms with Crippen molar-refractivity contribution >= 4 is 10.8 Å². The first-order chi connectivity index (χ1) is 14.9. The summed E-state index contributed by atoms with van der Waals surface area (Å²) in [5.74, 6) is 0. The first-order valence-corrected chi connectivity index (χ1v) is 13.0. The minimum atomic E-state index is 1.23. The zero-order valence-electron chi connectivity index (χ0n) is 19.7. The van der Waals surface area contributed by atoms with Gasteiger partial charge >= 0.3 is 0 Å². The maximum atomic E-state index is 2.43. The van der Waals surface area contributed by atoms with E-state index in [0.29, 0.717) is 0 Å². The van der Waals surface area contributed by atoms with E-state index in [1.54, 1.807) is 0 Å². The predicted octanol–water partition coefficient (Wildman–Crippen LogP) is 10.2. The number of hydrogen-bond acceptors (Lipinski definition) is 0. The third-order valence-corrected chi connectivity index (χ3v) is 6.29. The molecule has 0 aliphatic carbocycles. The summed E-state index contributed by atoms with van der Waals surface area (Å²) in [6.07, 6.45) is 28.4. The number of fused-ring (bicyclic) bond motifs is 1. The van der Waals surface area contributed by atoms with Crippen molar-refractivity contribution in [2.75, 3.05) is 0 Å². The van der Waals surface area contributed by atoms with Gasteiger partial charge in [-0.2, -0.15) is 0 Å². The lowest BCUT2D eigenvalue weighted by atomic mass is 10.0. The lowest BCUT2D eigenvalue weighted by molar-refractivity contribution is 0.566. The number of hydrogen-bond donors (Lipinski definition) is 0. The van der Waals surface area contributed by atoms with E-state index >= 15 is 0 Å². The highest BCUT2D eigenvalue weighted by atomic mass is 14.0. The Morgan fingerprint density at radius 1 is 0.533 bits per heavy atom. The van der Waals surface area contributed by atoms with Crippen molar-refractivity contribution in [2.45, 2.75) is 116 Å². The molecule has 0 atom stereocenters. The highest BCUT2D eigenvalue weighted by molar-refractivity contribution is 5.82. The molecule has 0 aliphatic rings. The summed E-state index contributed by atoms with van der Waals surface area (Å²) in [5, 5.41) is 2.73. The Kier molecular flexibility index (Phi) is 14.1. The summed E-state index contributed by atoms with van der Waals surface area (Å²) in [6.45, 7) is 2.29. The van der Waals surface area contributed by atoms with Gasteiger partial charge < -0.3 is 0 Å². The summed E-state index contributed by atoms with van der Waals surface area (Å²) < 4.78 is 0. The van der Waals surface area contributed by atoms with Crippen molar-refractivity contribution in [3.05, 3.63) is 60.2 Å². The molecule has 2 aromatic rings. The molecule has 0 bridgehead atoms. The standard InChI is InChI=1S/C30H46/c1-2-3-4-5-6-7-8-9-10-11-12-13-14-15-16-17-18-19-22-28-25-26-29-23-20-21-24-30(29)27-28/h12-13,20-21,23-27H,2-11,14-19,22H2,1H3/b13-12+. The molecule has 166 valence electrons. The summed E-state index contributed by atoms with van der Waals surface area (Å²) in [7, 11) is 0. The molecule has 0 saturated carbocycles. The van der Waals surface area contributed by atoms with Gasteiger partial charge in [-0.25, -0.2) is 0 Å². The van der Waals surface area contributed by atoms with Gasteiger partial charge in [-0.05, 0) is 54.9 Å². The van der Waals surface area contributed by atoms with Crippen LogP contribution in [0.1, 0.15) is 115 Å². The molecule has 30 heavy (non-hydrogen) atoms. The second-order valence-electron chi connectivity index (χ2n) is 9.08. The fraction of sp³-hybridized carbons (Fsp3) is 0.600. The van der Waals surface area contributed by atoms with Crippen LogP contribution in [0.3, 0.4) is 0 Å². The number of rotatable bonds is 18. The van der Waals surface area contributed by atoms with Gasteiger partial charge in [0.2, 0.25) is 0 Å². The summed E-state index contributed by atoms with van der Waals surface area (Å²) in [6, 6.07) is 15.6. The lowest BCUT2D eigenvalue weighted by Gasteiger charge is -2.04. The largest absolute Gasteiger partial charge is 0.0885 e. The van der Waals surface area contributed by atoms with E-state index < -0.39 is 0 Å². The molecule has 0 amide bonds. The van der Waals surface area contributed by atoms with Gasteiger partial charge in [-0.3, -0.25) is 0 Å². The van der Waals surface area contributed by atoms with Gasteiger partial charge in [0, 0.05) is 0 Å². The van der Waals surface area contributed by atoms with Crippen molar-refractivity contribution in [2.24, 2.45) is 0 Å². The van der Waals surface area contributed by atoms with Crippen molar-refractivity contribution in [1.29, 1.82) is 0 Å². The molecule has 0 spiro atoms. The van der Waals surface area contributed by atoms with Gasteiger partial charge in [0.1, 0.15) is 0 Å². The van der Waals surface area contributed by atoms with E-state index in [4.69, 9.17) is 0 Å². The smallest absolute Gasteiger partial charge is 0.0181 e. The Bertz CT molecular complexity index is 681. The fourth-order valence-electron chi connectivity index (χ4n) is 4.32. The van der Waals surface area contributed by atoms with Crippen LogP contribution in [-0.4, -0.2) is 0 Å². The summed E-state index contributed by atoms with van der Waals surface area (Å²) >= 11 is 0. The minimum Gasteiger partial charge on any atom is -0.0885 e. The first kappa shape index (κ1) is 24.7. The van der Waals surface area contributed by atoms with Crippen LogP contribution in [-0.2, 0) is 6.42 Å². The van der Waals surface area contributed by atoms with Gasteiger partial charge in [0.15, 0.2) is 0 Å². The van der Waals surface area contributed by atoms with Crippen LogP contribution in [0.5, 0.6) is 0 Å². The molecule has 0 heteroatoms. The van der Waals surface area contributed by atoms with Crippen LogP contribution < -0.4 is 0 Å². The van der Waals surface area contributed by atoms with E-state index in [1.807, 2.05) is 0 Å². The Hall–Kier alpha value is -1.56. The van der Waals surface area contributed by atoms with Crippen LogP contribution in [0.2, 0.25) is 0 Å². The van der Waals surface area contributed by atoms with Crippen LogP contribution in [0, 0.1) is 0 Å². The van der Waals surface area contributed by atoms with Crippen molar-refractivity contribution in [3.63, 3.8) is 0 Å². The number of unbranched alkanes of at least 4 members (excludes halogenated alkanes) is 14.